The van der Waals surface area contributed by atoms with Crippen LogP contribution in [0.15, 0.2) is 16.9 Å². The van der Waals surface area contributed by atoms with E-state index in [0.717, 1.165) is 40.4 Å². The smallest absolute Gasteiger partial charge is 0.256 e. The third-order valence-electron chi connectivity index (χ3n) is 6.00. The third kappa shape index (κ3) is 3.99. The second kappa shape index (κ2) is 8.89. The Morgan fingerprint density at radius 2 is 2.03 bits per heavy atom. The van der Waals surface area contributed by atoms with Gasteiger partial charge in [-0.1, -0.05) is 23.2 Å². The fourth-order valence-electron chi connectivity index (χ4n) is 4.33. The number of ether oxygens (including phenoxy) is 3. The molecule has 8 heteroatoms. The maximum absolute atomic E-state index is 12.5. The van der Waals surface area contributed by atoms with Crippen molar-refractivity contribution in [3.05, 3.63) is 60.5 Å². The lowest BCUT2D eigenvalue weighted by Crippen LogP contribution is -2.35. The monoisotopic (exact) mass is 452 g/mol. The van der Waals surface area contributed by atoms with Gasteiger partial charge in [0.2, 0.25) is 0 Å². The van der Waals surface area contributed by atoms with Crippen LogP contribution in [-0.2, 0) is 29.0 Å². The molecule has 0 saturated carbocycles. The van der Waals surface area contributed by atoms with Gasteiger partial charge in [-0.05, 0) is 36.6 Å². The molecule has 3 heterocycles. The Kier molecular flexibility index (Phi) is 6.42. The first-order valence-electron chi connectivity index (χ1n) is 10.0. The molecule has 2 aliphatic rings. The molecule has 2 aliphatic heterocycles. The van der Waals surface area contributed by atoms with Crippen molar-refractivity contribution in [3.63, 3.8) is 0 Å². The standard InChI is InChI=1S/C22H26Cl2N2O4/c1-12-6-19(28-2)17(22(27)25-12)9-26-5-4-14-16(8-26)20(24)15(7-18(14)23)21(29-3)13-10-30-11-13/h6-7,13,21H,4-5,8-11H2,1-3H3,(H,25,27)/t21-/m0/s1. The number of fused-ring (bicyclic) bond motifs is 1. The van der Waals surface area contributed by atoms with Gasteiger partial charge >= 0.3 is 0 Å². The van der Waals surface area contributed by atoms with Crippen molar-refractivity contribution in [1.29, 1.82) is 0 Å². The average molecular weight is 453 g/mol. The van der Waals surface area contributed by atoms with E-state index in [-0.39, 0.29) is 17.6 Å². The molecule has 0 bridgehead atoms. The van der Waals surface area contributed by atoms with E-state index in [4.69, 9.17) is 37.4 Å². The Balaban J connectivity index is 1.64. The van der Waals surface area contributed by atoms with E-state index in [1.165, 1.54) is 0 Å². The van der Waals surface area contributed by atoms with Crippen molar-refractivity contribution in [2.75, 3.05) is 34.0 Å². The molecule has 1 atom stereocenters. The first kappa shape index (κ1) is 21.7. The van der Waals surface area contributed by atoms with Gasteiger partial charge in [0, 0.05) is 48.9 Å². The zero-order valence-corrected chi connectivity index (χ0v) is 18.9. The maximum Gasteiger partial charge on any atom is 0.256 e. The minimum absolute atomic E-state index is 0.125. The molecule has 0 amide bonds. The summed E-state index contributed by atoms with van der Waals surface area (Å²) in [7, 11) is 3.27. The number of aryl methyl sites for hydroxylation is 1. The molecule has 0 radical (unpaired) electrons. The number of halogens is 2. The van der Waals surface area contributed by atoms with Crippen LogP contribution in [-0.4, -0.2) is 43.9 Å². The molecule has 4 rings (SSSR count). The number of benzene rings is 1. The van der Waals surface area contributed by atoms with Crippen molar-refractivity contribution in [2.45, 2.75) is 32.5 Å². The average Bonchev–Trinajstić information content (AvgIpc) is 2.69. The lowest BCUT2D eigenvalue weighted by atomic mass is 9.89. The van der Waals surface area contributed by atoms with Crippen LogP contribution in [0, 0.1) is 12.8 Å². The van der Waals surface area contributed by atoms with Gasteiger partial charge in [0.05, 0.1) is 37.0 Å². The first-order chi connectivity index (χ1) is 14.4. The van der Waals surface area contributed by atoms with E-state index in [9.17, 15) is 4.79 Å². The van der Waals surface area contributed by atoms with E-state index in [1.807, 2.05) is 19.1 Å². The molecular formula is C22H26Cl2N2O4. The van der Waals surface area contributed by atoms with Gasteiger partial charge in [0.25, 0.3) is 5.56 Å². The van der Waals surface area contributed by atoms with Crippen molar-refractivity contribution < 1.29 is 14.2 Å². The minimum Gasteiger partial charge on any atom is -0.496 e. The molecule has 1 aromatic heterocycles. The van der Waals surface area contributed by atoms with Gasteiger partial charge in [-0.25, -0.2) is 0 Å². The summed E-state index contributed by atoms with van der Waals surface area (Å²) in [6, 6.07) is 3.79. The van der Waals surface area contributed by atoms with Crippen molar-refractivity contribution in [2.24, 2.45) is 5.92 Å². The largest absolute Gasteiger partial charge is 0.496 e. The van der Waals surface area contributed by atoms with Gasteiger partial charge in [-0.3, -0.25) is 9.69 Å². The zero-order chi connectivity index (χ0) is 21.4. The highest BCUT2D eigenvalue weighted by Crippen LogP contribution is 2.42. The molecule has 1 fully saturated rings. The summed E-state index contributed by atoms with van der Waals surface area (Å²) in [6.45, 7) is 5.02. The van der Waals surface area contributed by atoms with Gasteiger partial charge in [0.15, 0.2) is 0 Å². The molecule has 6 nitrogen and oxygen atoms in total. The molecule has 1 saturated heterocycles. The number of pyridine rings is 1. The second-order valence-electron chi connectivity index (χ2n) is 7.96. The van der Waals surface area contributed by atoms with Crippen molar-refractivity contribution in [1.82, 2.24) is 9.88 Å². The van der Waals surface area contributed by atoms with E-state index in [2.05, 4.69) is 9.88 Å². The molecule has 0 unspecified atom stereocenters. The Morgan fingerprint density at radius 3 is 2.67 bits per heavy atom. The lowest BCUT2D eigenvalue weighted by Gasteiger charge is -2.35. The van der Waals surface area contributed by atoms with Crippen molar-refractivity contribution in [3.8, 4) is 5.75 Å². The SMILES string of the molecule is COc1cc(C)[nH]c(=O)c1CN1CCc2c(Cl)cc([C@@H](OC)C3COC3)c(Cl)c2C1. The number of H-pyrrole nitrogens is 1. The topological polar surface area (TPSA) is 63.8 Å². The van der Waals surface area contributed by atoms with Crippen LogP contribution >= 0.6 is 23.2 Å². The summed E-state index contributed by atoms with van der Waals surface area (Å²) >= 11 is 13.5. The van der Waals surface area contributed by atoms with Crippen LogP contribution in [0.2, 0.25) is 10.0 Å². The highest BCUT2D eigenvalue weighted by Gasteiger charge is 2.34. The number of aromatic amines is 1. The van der Waals surface area contributed by atoms with Crippen LogP contribution in [0.3, 0.4) is 0 Å². The minimum atomic E-state index is -0.149. The van der Waals surface area contributed by atoms with E-state index < -0.39 is 0 Å². The molecule has 0 spiro atoms. The summed E-state index contributed by atoms with van der Waals surface area (Å²) in [5, 5.41) is 1.42. The molecule has 1 aromatic carbocycles. The Labute approximate surface area is 186 Å². The maximum atomic E-state index is 12.5. The molecule has 2 aromatic rings. The predicted molar refractivity (Wildman–Crippen MR) is 117 cm³/mol. The molecule has 162 valence electrons. The van der Waals surface area contributed by atoms with E-state index in [1.54, 1.807) is 14.2 Å². The number of aromatic nitrogens is 1. The highest BCUT2D eigenvalue weighted by molar-refractivity contribution is 6.35. The summed E-state index contributed by atoms with van der Waals surface area (Å²) in [4.78, 5) is 17.6. The normalized spacial score (nSPS) is 18.0. The number of hydrogen-bond donors (Lipinski definition) is 1. The van der Waals surface area contributed by atoms with Gasteiger partial charge < -0.3 is 19.2 Å². The van der Waals surface area contributed by atoms with Gasteiger partial charge in [-0.2, -0.15) is 0 Å². The summed E-state index contributed by atoms with van der Waals surface area (Å²) in [5.74, 6) is 0.876. The fraction of sp³-hybridized carbons (Fsp3) is 0.500. The second-order valence-corrected chi connectivity index (χ2v) is 8.75. The Bertz CT molecular complexity index is 1000. The Hall–Kier alpha value is -1.57. The first-order valence-corrected chi connectivity index (χ1v) is 10.8. The van der Waals surface area contributed by atoms with Crippen LogP contribution in [0.5, 0.6) is 5.75 Å². The molecule has 1 N–H and O–H groups in total. The van der Waals surface area contributed by atoms with E-state index >= 15 is 0 Å². The fourth-order valence-corrected chi connectivity index (χ4v) is 4.99. The molecule has 30 heavy (non-hydrogen) atoms. The molecular weight excluding hydrogens is 427 g/mol. The van der Waals surface area contributed by atoms with Gasteiger partial charge in [0.1, 0.15) is 5.75 Å². The van der Waals surface area contributed by atoms with Crippen LogP contribution in [0.4, 0.5) is 0 Å². The lowest BCUT2D eigenvalue weighted by molar-refractivity contribution is -0.105. The Morgan fingerprint density at radius 1 is 1.27 bits per heavy atom. The number of nitrogens with one attached hydrogen (secondary N) is 1. The quantitative estimate of drug-likeness (QED) is 0.719. The predicted octanol–water partition coefficient (Wildman–Crippen LogP) is 3.89. The summed E-state index contributed by atoms with van der Waals surface area (Å²) in [5.41, 5.74) is 4.26. The number of nitrogens with zero attached hydrogens (tertiary/aromatic N) is 1. The highest BCUT2D eigenvalue weighted by atomic mass is 35.5. The number of rotatable bonds is 6. The van der Waals surface area contributed by atoms with Crippen molar-refractivity contribution >= 4 is 23.2 Å². The van der Waals surface area contributed by atoms with Crippen LogP contribution < -0.4 is 10.3 Å². The number of methoxy groups -OCH3 is 2. The number of hydrogen-bond acceptors (Lipinski definition) is 5. The van der Waals surface area contributed by atoms with Crippen LogP contribution in [0.1, 0.15) is 34.1 Å². The molecule has 0 aliphatic carbocycles. The van der Waals surface area contributed by atoms with E-state index in [0.29, 0.717) is 42.6 Å². The van der Waals surface area contributed by atoms with Crippen LogP contribution in [0.25, 0.3) is 0 Å². The summed E-state index contributed by atoms with van der Waals surface area (Å²) in [6.07, 6.45) is 0.620. The summed E-state index contributed by atoms with van der Waals surface area (Å²) < 4.78 is 16.5. The third-order valence-corrected chi connectivity index (χ3v) is 6.78. The van der Waals surface area contributed by atoms with Gasteiger partial charge in [-0.15, -0.1) is 0 Å². The zero-order valence-electron chi connectivity index (χ0n) is 17.4.